The average molecular weight is 442 g/mol. The number of carboxylic acids is 1. The number of unbranched alkanes of at least 4 members (excludes halogenated alkanes) is 14. The number of quaternary nitrogens is 1. The molecule has 31 heavy (non-hydrogen) atoms. The van der Waals surface area contributed by atoms with Crippen molar-refractivity contribution in [2.24, 2.45) is 0 Å². The molecule has 0 radical (unpaired) electrons. The highest BCUT2D eigenvalue weighted by Crippen LogP contribution is 2.24. The molecule has 0 rings (SSSR count). The summed E-state index contributed by atoms with van der Waals surface area (Å²) in [6, 6.07) is 0. The van der Waals surface area contributed by atoms with E-state index in [4.69, 9.17) is 0 Å². The molecule has 0 aromatic rings. The summed E-state index contributed by atoms with van der Waals surface area (Å²) in [5.74, 6) is -0.965. The molecule has 4 nitrogen and oxygen atoms in total. The second-order valence-electron chi connectivity index (χ2n) is 10.6. The van der Waals surface area contributed by atoms with Crippen LogP contribution >= 0.6 is 0 Å². The largest absolute Gasteiger partial charge is 0.550 e. The Hall–Kier alpha value is -0.610. The van der Waals surface area contributed by atoms with Gasteiger partial charge in [-0.3, -0.25) is 0 Å². The Morgan fingerprint density at radius 2 is 1.19 bits per heavy atom. The van der Waals surface area contributed by atoms with E-state index in [1.54, 1.807) is 0 Å². The van der Waals surface area contributed by atoms with E-state index < -0.39 is 11.6 Å². The Bertz CT molecular complexity index is 425. The van der Waals surface area contributed by atoms with Gasteiger partial charge in [-0.2, -0.15) is 0 Å². The molecular formula is C27H55NO3. The molecule has 0 aromatic carbocycles. The fourth-order valence-corrected chi connectivity index (χ4v) is 4.70. The number of hydrogen-bond acceptors (Lipinski definition) is 3. The van der Waals surface area contributed by atoms with Gasteiger partial charge in [0.25, 0.3) is 0 Å². The van der Waals surface area contributed by atoms with Crippen LogP contribution in [-0.2, 0) is 4.79 Å². The normalized spacial score (nSPS) is 14.0. The van der Waals surface area contributed by atoms with Gasteiger partial charge < -0.3 is 19.5 Å². The van der Waals surface area contributed by atoms with Crippen LogP contribution in [0.4, 0.5) is 0 Å². The maximum absolute atomic E-state index is 11.1. The fraction of sp³-hybridized carbons (Fsp3) is 0.963. The third kappa shape index (κ3) is 19.8. The van der Waals surface area contributed by atoms with Crippen LogP contribution in [0, 0.1) is 0 Å². The molecular weight excluding hydrogens is 386 g/mol. The monoisotopic (exact) mass is 441 g/mol. The Morgan fingerprint density at radius 1 is 0.742 bits per heavy atom. The van der Waals surface area contributed by atoms with Gasteiger partial charge in [0.15, 0.2) is 0 Å². The number of aliphatic carboxylic acids is 1. The molecule has 0 aliphatic carbocycles. The summed E-state index contributed by atoms with van der Waals surface area (Å²) in [6.07, 6.45) is 22.3. The lowest BCUT2D eigenvalue weighted by Gasteiger charge is -2.38. The highest BCUT2D eigenvalue weighted by Gasteiger charge is 2.32. The number of carbonyl (C=O) groups excluding carboxylic acids is 1. The van der Waals surface area contributed by atoms with E-state index >= 15 is 0 Å². The molecule has 0 spiro atoms. The van der Waals surface area contributed by atoms with E-state index in [1.807, 2.05) is 0 Å². The number of aliphatic hydroxyl groups is 1. The zero-order valence-electron chi connectivity index (χ0n) is 21.6. The van der Waals surface area contributed by atoms with Crippen molar-refractivity contribution in [3.05, 3.63) is 0 Å². The Labute approximate surface area is 194 Å². The molecule has 0 saturated heterocycles. The standard InChI is InChI=1S/C27H55NO3/c1-5-7-8-9-10-11-12-13-14-15-16-17-18-20-23-27(31,6-2)25-28(3,4)24-21-19-22-26(29)30/h31H,5-25H2,1-4H3. The number of carboxylic acid groups (broad SMARTS) is 1. The van der Waals surface area contributed by atoms with Crippen molar-refractivity contribution in [1.82, 2.24) is 0 Å². The summed E-state index contributed by atoms with van der Waals surface area (Å²) < 4.78 is 0.746. The lowest BCUT2D eigenvalue weighted by Crippen LogP contribution is -2.52. The van der Waals surface area contributed by atoms with Gasteiger partial charge in [-0.1, -0.05) is 104 Å². The Kier molecular flexibility index (Phi) is 18.5. The first kappa shape index (κ1) is 30.4. The van der Waals surface area contributed by atoms with Crippen molar-refractivity contribution in [3.8, 4) is 0 Å². The molecule has 0 heterocycles. The average Bonchev–Trinajstić information content (AvgIpc) is 2.71. The zero-order valence-corrected chi connectivity index (χ0v) is 21.6. The first-order chi connectivity index (χ1) is 14.7. The molecule has 1 N–H and O–H groups in total. The molecule has 1 atom stereocenters. The summed E-state index contributed by atoms with van der Waals surface area (Å²) >= 11 is 0. The molecule has 0 saturated carbocycles. The van der Waals surface area contributed by atoms with Gasteiger partial charge in [-0.05, 0) is 32.1 Å². The SMILES string of the molecule is CCCCCCCCCCCCCCCCC(O)(CC)C[N+](C)(C)CCCCC(=O)[O-]. The maximum atomic E-state index is 11.1. The van der Waals surface area contributed by atoms with Crippen molar-refractivity contribution >= 4 is 5.97 Å². The van der Waals surface area contributed by atoms with Gasteiger partial charge >= 0.3 is 0 Å². The topological polar surface area (TPSA) is 60.4 Å². The predicted octanol–water partition coefficient (Wildman–Crippen LogP) is 6.00. The first-order valence-electron chi connectivity index (χ1n) is 13.5. The van der Waals surface area contributed by atoms with Crippen LogP contribution in [0.3, 0.4) is 0 Å². The molecule has 186 valence electrons. The second-order valence-corrected chi connectivity index (χ2v) is 10.6. The van der Waals surface area contributed by atoms with Gasteiger partial charge in [0.2, 0.25) is 0 Å². The molecule has 0 bridgehead atoms. The number of hydrogen-bond donors (Lipinski definition) is 1. The minimum Gasteiger partial charge on any atom is -0.550 e. The van der Waals surface area contributed by atoms with E-state index in [0.29, 0.717) is 6.42 Å². The van der Waals surface area contributed by atoms with Gasteiger partial charge in [0, 0.05) is 5.97 Å². The van der Waals surface area contributed by atoms with E-state index in [2.05, 4.69) is 27.9 Å². The summed E-state index contributed by atoms with van der Waals surface area (Å²) in [5, 5.41) is 21.6. The van der Waals surface area contributed by atoms with Gasteiger partial charge in [0.05, 0.1) is 20.6 Å². The van der Waals surface area contributed by atoms with Crippen LogP contribution in [-0.4, -0.2) is 48.3 Å². The molecule has 0 aliphatic heterocycles. The van der Waals surface area contributed by atoms with Gasteiger partial charge in [-0.15, -0.1) is 0 Å². The molecule has 0 aromatic heterocycles. The molecule has 4 heteroatoms. The van der Waals surface area contributed by atoms with E-state index in [1.165, 1.54) is 83.5 Å². The lowest BCUT2D eigenvalue weighted by atomic mass is 9.91. The number of likely N-dealkylation sites (N-methyl/N-ethyl adjacent to an activating group) is 1. The van der Waals surface area contributed by atoms with Crippen LogP contribution in [0.5, 0.6) is 0 Å². The summed E-state index contributed by atoms with van der Waals surface area (Å²) in [6.45, 7) is 6.00. The summed E-state index contributed by atoms with van der Waals surface area (Å²) in [5.41, 5.74) is -0.602. The number of nitrogens with zero attached hydrogens (tertiary/aromatic N) is 1. The van der Waals surface area contributed by atoms with Crippen LogP contribution in [0.25, 0.3) is 0 Å². The van der Waals surface area contributed by atoms with Crippen LogP contribution < -0.4 is 5.11 Å². The number of rotatable bonds is 23. The highest BCUT2D eigenvalue weighted by atomic mass is 16.4. The molecule has 0 aliphatic rings. The van der Waals surface area contributed by atoms with Crippen molar-refractivity contribution in [2.45, 2.75) is 141 Å². The van der Waals surface area contributed by atoms with Crippen molar-refractivity contribution < 1.29 is 19.5 Å². The highest BCUT2D eigenvalue weighted by molar-refractivity contribution is 5.64. The molecule has 0 fully saturated rings. The van der Waals surface area contributed by atoms with Crippen molar-refractivity contribution in [3.63, 3.8) is 0 Å². The van der Waals surface area contributed by atoms with Crippen LogP contribution in [0.2, 0.25) is 0 Å². The van der Waals surface area contributed by atoms with Gasteiger partial charge in [0.1, 0.15) is 12.1 Å². The third-order valence-corrected chi connectivity index (χ3v) is 6.77. The van der Waals surface area contributed by atoms with Crippen molar-refractivity contribution in [1.29, 1.82) is 0 Å². The second kappa shape index (κ2) is 18.9. The third-order valence-electron chi connectivity index (χ3n) is 6.77. The van der Waals surface area contributed by atoms with Crippen LogP contribution in [0.15, 0.2) is 0 Å². The predicted molar refractivity (Wildman–Crippen MR) is 131 cm³/mol. The molecule has 0 amide bonds. The summed E-state index contributed by atoms with van der Waals surface area (Å²) in [7, 11) is 4.29. The Morgan fingerprint density at radius 3 is 1.61 bits per heavy atom. The molecule has 1 unspecified atom stereocenters. The van der Waals surface area contributed by atoms with Gasteiger partial charge in [-0.25, -0.2) is 0 Å². The quantitative estimate of drug-likeness (QED) is 0.156. The van der Waals surface area contributed by atoms with E-state index in [9.17, 15) is 15.0 Å². The minimum atomic E-state index is -0.965. The van der Waals surface area contributed by atoms with E-state index in [-0.39, 0.29) is 6.42 Å². The lowest BCUT2D eigenvalue weighted by molar-refractivity contribution is -0.897. The Balaban J connectivity index is 3.74. The van der Waals surface area contributed by atoms with Crippen LogP contribution in [0.1, 0.15) is 136 Å². The van der Waals surface area contributed by atoms with Crippen molar-refractivity contribution in [2.75, 3.05) is 27.2 Å². The minimum absolute atomic E-state index is 0.136. The summed E-state index contributed by atoms with van der Waals surface area (Å²) in [4.78, 5) is 10.6. The first-order valence-corrected chi connectivity index (χ1v) is 13.5. The maximum Gasteiger partial charge on any atom is 0.113 e. The van der Waals surface area contributed by atoms with E-state index in [0.717, 1.165) is 43.3 Å². The smallest absolute Gasteiger partial charge is 0.113 e. The zero-order chi connectivity index (χ0) is 23.4. The fourth-order valence-electron chi connectivity index (χ4n) is 4.70. The number of carbonyl (C=O) groups is 1.